The third-order valence-corrected chi connectivity index (χ3v) is 4.52. The maximum absolute atomic E-state index is 12.1. The number of hydrogen-bond acceptors (Lipinski definition) is 5. The average molecular weight is 401 g/mol. The van der Waals surface area contributed by atoms with Crippen LogP contribution in [-0.2, 0) is 19.1 Å². The molecule has 8 heteroatoms. The van der Waals surface area contributed by atoms with E-state index < -0.39 is 36.7 Å². The molecule has 144 valence electrons. The maximum Gasteiger partial charge on any atom is 0.326 e. The number of nitrogens with zero attached hydrogens (tertiary/aromatic N) is 1. The largest absolute Gasteiger partial charge is 0.454 e. The summed E-state index contributed by atoms with van der Waals surface area (Å²) >= 11 is 6.13. The monoisotopic (exact) mass is 400 g/mol. The lowest BCUT2D eigenvalue weighted by Crippen LogP contribution is -2.36. The number of rotatable bonds is 5. The summed E-state index contributed by atoms with van der Waals surface area (Å²) in [6, 6.07) is 9.95. The van der Waals surface area contributed by atoms with E-state index in [2.05, 4.69) is 5.32 Å². The Morgan fingerprint density at radius 3 is 2.57 bits per heavy atom. The number of benzene rings is 2. The molecule has 0 radical (unpaired) electrons. The number of nitrogens with one attached hydrogen (secondary N) is 1. The van der Waals surface area contributed by atoms with Gasteiger partial charge in [-0.05, 0) is 43.2 Å². The number of esters is 1. The minimum Gasteiger partial charge on any atom is -0.454 e. The number of para-hydroxylation sites is 1. The zero-order valence-corrected chi connectivity index (χ0v) is 16.0. The van der Waals surface area contributed by atoms with E-state index in [1.807, 2.05) is 13.0 Å². The van der Waals surface area contributed by atoms with Crippen molar-refractivity contribution in [2.24, 2.45) is 0 Å². The van der Waals surface area contributed by atoms with Crippen LogP contribution in [-0.4, -0.2) is 36.7 Å². The first-order chi connectivity index (χ1) is 13.3. The third-order valence-electron chi connectivity index (χ3n) is 4.23. The highest BCUT2D eigenvalue weighted by atomic mass is 35.5. The Labute approximate surface area is 166 Å². The Bertz CT molecular complexity index is 979. The predicted molar refractivity (Wildman–Crippen MR) is 104 cm³/mol. The van der Waals surface area contributed by atoms with Crippen LogP contribution in [0.15, 0.2) is 36.4 Å². The number of carbonyl (C=O) groups excluding carboxylic acids is 4. The highest BCUT2D eigenvalue weighted by Gasteiger charge is 2.36. The number of halogens is 1. The average Bonchev–Trinajstić information content (AvgIpc) is 2.88. The number of Topliss-reactive ketones (excluding diaryl/α,β-unsaturated/α-hetero) is 1. The Hall–Kier alpha value is -3.19. The van der Waals surface area contributed by atoms with Gasteiger partial charge in [0.15, 0.2) is 6.61 Å². The fourth-order valence-corrected chi connectivity index (χ4v) is 3.34. The van der Waals surface area contributed by atoms with E-state index in [1.165, 1.54) is 6.07 Å². The van der Waals surface area contributed by atoms with Crippen LogP contribution >= 0.6 is 11.6 Å². The normalized spacial score (nSPS) is 12.8. The van der Waals surface area contributed by atoms with E-state index in [4.69, 9.17) is 16.3 Å². The fourth-order valence-electron chi connectivity index (χ4n) is 2.98. The van der Waals surface area contributed by atoms with Gasteiger partial charge >= 0.3 is 5.97 Å². The number of hydrogen-bond donors (Lipinski definition) is 1. The van der Waals surface area contributed by atoms with Gasteiger partial charge in [-0.2, -0.15) is 0 Å². The fraction of sp³-hybridized carbons (Fsp3) is 0.200. The molecule has 0 unspecified atom stereocenters. The quantitative estimate of drug-likeness (QED) is 0.615. The van der Waals surface area contributed by atoms with Crippen LogP contribution in [0.4, 0.5) is 11.4 Å². The van der Waals surface area contributed by atoms with Crippen molar-refractivity contribution in [1.82, 2.24) is 0 Å². The number of ether oxygens (including phenoxy) is 1. The van der Waals surface area contributed by atoms with Crippen LogP contribution in [0.2, 0.25) is 5.02 Å². The second-order valence-corrected chi connectivity index (χ2v) is 6.79. The minimum absolute atomic E-state index is 0.238. The van der Waals surface area contributed by atoms with Crippen LogP contribution < -0.4 is 10.2 Å². The van der Waals surface area contributed by atoms with Gasteiger partial charge in [0.05, 0.1) is 22.0 Å². The summed E-state index contributed by atoms with van der Waals surface area (Å²) < 4.78 is 4.94. The second kappa shape index (κ2) is 7.82. The van der Waals surface area contributed by atoms with E-state index >= 15 is 0 Å². The maximum atomic E-state index is 12.1. The number of amides is 2. The minimum atomic E-state index is -0.806. The van der Waals surface area contributed by atoms with Gasteiger partial charge in [0.25, 0.3) is 17.6 Å². The summed E-state index contributed by atoms with van der Waals surface area (Å²) in [6.07, 6.45) is 0. The molecule has 3 rings (SSSR count). The van der Waals surface area contributed by atoms with Gasteiger partial charge < -0.3 is 10.1 Å². The molecular formula is C20H17ClN2O5. The highest BCUT2D eigenvalue weighted by molar-refractivity contribution is 6.52. The van der Waals surface area contributed by atoms with Crippen molar-refractivity contribution in [3.05, 3.63) is 58.1 Å². The molecule has 1 aliphatic rings. The summed E-state index contributed by atoms with van der Waals surface area (Å²) in [7, 11) is 0. The first kappa shape index (κ1) is 19.6. The Kier molecular flexibility index (Phi) is 5.46. The summed E-state index contributed by atoms with van der Waals surface area (Å²) in [5, 5.41) is 2.99. The van der Waals surface area contributed by atoms with Crippen molar-refractivity contribution >= 4 is 46.5 Å². The van der Waals surface area contributed by atoms with Crippen molar-refractivity contribution in [3.8, 4) is 0 Å². The lowest BCUT2D eigenvalue weighted by atomic mass is 10.1. The molecule has 28 heavy (non-hydrogen) atoms. The number of anilines is 2. The SMILES string of the molecule is Cc1cc(C)c(NC(=O)COC(=O)CN2C(=O)C(=O)c3ccccc32)c(Cl)c1. The molecule has 0 saturated carbocycles. The standard InChI is InChI=1S/C20H17ClN2O5/c1-11-7-12(2)18(14(21)8-11)22-16(24)10-28-17(25)9-23-15-6-4-3-5-13(15)19(26)20(23)27/h3-8H,9-10H2,1-2H3,(H,22,24). The van der Waals surface area contributed by atoms with Gasteiger partial charge in [0.2, 0.25) is 0 Å². The molecule has 1 N–H and O–H groups in total. The Morgan fingerprint density at radius 1 is 1.14 bits per heavy atom. The number of fused-ring (bicyclic) bond motifs is 1. The molecule has 2 aromatic carbocycles. The third kappa shape index (κ3) is 3.89. The second-order valence-electron chi connectivity index (χ2n) is 6.39. The van der Waals surface area contributed by atoms with E-state index in [9.17, 15) is 19.2 Å². The van der Waals surface area contributed by atoms with Gasteiger partial charge in [-0.3, -0.25) is 24.1 Å². The molecule has 7 nitrogen and oxygen atoms in total. The molecule has 0 aliphatic carbocycles. The summed E-state index contributed by atoms with van der Waals surface area (Å²) in [4.78, 5) is 49.2. The van der Waals surface area contributed by atoms with E-state index in [0.717, 1.165) is 16.0 Å². The lowest BCUT2D eigenvalue weighted by Gasteiger charge is -2.16. The molecule has 0 atom stereocenters. The molecule has 1 aliphatic heterocycles. The molecule has 0 bridgehead atoms. The summed E-state index contributed by atoms with van der Waals surface area (Å²) in [5.41, 5.74) is 2.77. The van der Waals surface area contributed by atoms with Crippen LogP contribution in [0, 0.1) is 13.8 Å². The van der Waals surface area contributed by atoms with Gasteiger partial charge in [0, 0.05) is 0 Å². The topological polar surface area (TPSA) is 92.8 Å². The highest BCUT2D eigenvalue weighted by Crippen LogP contribution is 2.28. The zero-order chi connectivity index (χ0) is 20.4. The van der Waals surface area contributed by atoms with Crippen LogP contribution in [0.1, 0.15) is 21.5 Å². The predicted octanol–water partition coefficient (Wildman–Crippen LogP) is 2.67. The smallest absolute Gasteiger partial charge is 0.326 e. The first-order valence-electron chi connectivity index (χ1n) is 8.45. The lowest BCUT2D eigenvalue weighted by molar-refractivity contribution is -0.146. The molecule has 0 aromatic heterocycles. The number of aryl methyl sites for hydroxylation is 2. The molecule has 2 amide bonds. The van der Waals surface area contributed by atoms with Gasteiger partial charge in [-0.15, -0.1) is 0 Å². The van der Waals surface area contributed by atoms with Crippen molar-refractivity contribution in [2.75, 3.05) is 23.4 Å². The number of carbonyl (C=O) groups is 4. The molecule has 1 heterocycles. The van der Waals surface area contributed by atoms with Crippen molar-refractivity contribution in [2.45, 2.75) is 13.8 Å². The molecule has 0 spiro atoms. The van der Waals surface area contributed by atoms with Crippen LogP contribution in [0.3, 0.4) is 0 Å². The Morgan fingerprint density at radius 2 is 1.86 bits per heavy atom. The Balaban J connectivity index is 1.59. The molecular weight excluding hydrogens is 384 g/mol. The van der Waals surface area contributed by atoms with E-state index in [-0.39, 0.29) is 5.56 Å². The van der Waals surface area contributed by atoms with Crippen LogP contribution in [0.25, 0.3) is 0 Å². The first-order valence-corrected chi connectivity index (χ1v) is 8.83. The van der Waals surface area contributed by atoms with Crippen molar-refractivity contribution in [1.29, 1.82) is 0 Å². The van der Waals surface area contributed by atoms with Crippen LogP contribution in [0.5, 0.6) is 0 Å². The van der Waals surface area contributed by atoms with Gasteiger partial charge in [-0.25, -0.2) is 0 Å². The molecule has 0 saturated heterocycles. The summed E-state index contributed by atoms with van der Waals surface area (Å²) in [6.45, 7) is 2.68. The van der Waals surface area contributed by atoms with E-state index in [1.54, 1.807) is 31.2 Å². The molecule has 0 fully saturated rings. The number of ketones is 1. The van der Waals surface area contributed by atoms with Gasteiger partial charge in [-0.1, -0.05) is 29.8 Å². The molecule has 2 aromatic rings. The van der Waals surface area contributed by atoms with Crippen molar-refractivity contribution < 1.29 is 23.9 Å². The zero-order valence-electron chi connectivity index (χ0n) is 15.2. The van der Waals surface area contributed by atoms with Crippen molar-refractivity contribution in [3.63, 3.8) is 0 Å². The van der Waals surface area contributed by atoms with E-state index in [0.29, 0.717) is 16.4 Å². The van der Waals surface area contributed by atoms with Gasteiger partial charge in [0.1, 0.15) is 6.54 Å². The summed E-state index contributed by atoms with van der Waals surface area (Å²) in [5.74, 6) is -2.85.